The Balaban J connectivity index is 1.90. The van der Waals surface area contributed by atoms with Crippen molar-refractivity contribution >= 4 is 34.6 Å². The molecular formula is C30H25F2N3O4S. The van der Waals surface area contributed by atoms with Crippen molar-refractivity contribution in [1.29, 1.82) is 5.26 Å². The molecule has 1 amide bonds. The third-order valence-corrected chi connectivity index (χ3v) is 7.05. The molecule has 40 heavy (non-hydrogen) atoms. The van der Waals surface area contributed by atoms with Crippen molar-refractivity contribution in [3.63, 3.8) is 0 Å². The number of carbonyl (C=O) groups is 1. The molecule has 0 spiro atoms. The maximum Gasteiger partial charge on any atom is 0.387 e. The molecule has 0 saturated heterocycles. The van der Waals surface area contributed by atoms with E-state index in [0.29, 0.717) is 16.9 Å². The van der Waals surface area contributed by atoms with E-state index in [1.54, 1.807) is 30.3 Å². The number of benzene rings is 3. The molecule has 1 heterocycles. The second-order valence-electron chi connectivity index (χ2n) is 8.68. The van der Waals surface area contributed by atoms with E-state index in [9.17, 15) is 23.6 Å². The number of methoxy groups -OCH3 is 1. The number of hydrogen-bond acceptors (Lipinski definition) is 6. The largest absolute Gasteiger partial charge is 0.493 e. The first kappa shape index (κ1) is 28.3. The SMILES string of the molecule is CCc1ccc(NC(=O)C(C#N)=c2sc(=Cc3ccc(OC(F)F)c(OC)c3)c(=O)n2-c2cccc(C)c2)cc1. The molecule has 10 heteroatoms. The summed E-state index contributed by atoms with van der Waals surface area (Å²) in [6.07, 6.45) is 2.38. The molecule has 0 aliphatic rings. The predicted molar refractivity (Wildman–Crippen MR) is 151 cm³/mol. The van der Waals surface area contributed by atoms with Crippen LogP contribution < -0.4 is 29.5 Å². The van der Waals surface area contributed by atoms with Crippen molar-refractivity contribution in [1.82, 2.24) is 4.57 Å². The summed E-state index contributed by atoms with van der Waals surface area (Å²) in [6, 6.07) is 20.6. The lowest BCUT2D eigenvalue weighted by atomic mass is 10.1. The van der Waals surface area contributed by atoms with E-state index in [1.165, 1.54) is 36.0 Å². The van der Waals surface area contributed by atoms with Crippen LogP contribution in [0.25, 0.3) is 17.3 Å². The van der Waals surface area contributed by atoms with Gasteiger partial charge in [-0.15, -0.1) is 11.3 Å². The zero-order chi connectivity index (χ0) is 28.8. The molecule has 0 radical (unpaired) electrons. The minimum Gasteiger partial charge on any atom is -0.493 e. The number of carbonyl (C=O) groups excluding carboxylic acids is 1. The molecule has 0 saturated carbocycles. The van der Waals surface area contributed by atoms with Gasteiger partial charge in [0.2, 0.25) is 0 Å². The lowest BCUT2D eigenvalue weighted by molar-refractivity contribution is -0.111. The summed E-state index contributed by atoms with van der Waals surface area (Å²) in [5.41, 5.74) is 2.76. The smallest absolute Gasteiger partial charge is 0.387 e. The van der Waals surface area contributed by atoms with Crippen LogP contribution in [0.15, 0.2) is 71.5 Å². The monoisotopic (exact) mass is 561 g/mol. The Morgan fingerprint density at radius 2 is 1.88 bits per heavy atom. The van der Waals surface area contributed by atoms with E-state index >= 15 is 0 Å². The fraction of sp³-hybridized carbons (Fsp3) is 0.167. The summed E-state index contributed by atoms with van der Waals surface area (Å²) < 4.78 is 36.8. The van der Waals surface area contributed by atoms with Gasteiger partial charge in [-0.05, 0) is 72.5 Å². The summed E-state index contributed by atoms with van der Waals surface area (Å²) in [5.74, 6) is -0.749. The van der Waals surface area contributed by atoms with Gasteiger partial charge < -0.3 is 14.8 Å². The van der Waals surface area contributed by atoms with Crippen molar-refractivity contribution in [2.45, 2.75) is 26.9 Å². The highest BCUT2D eigenvalue weighted by Crippen LogP contribution is 2.29. The van der Waals surface area contributed by atoms with Gasteiger partial charge in [-0.25, -0.2) is 0 Å². The number of amides is 1. The van der Waals surface area contributed by atoms with E-state index in [1.807, 2.05) is 38.1 Å². The molecule has 4 aromatic rings. The van der Waals surface area contributed by atoms with Crippen molar-refractivity contribution in [2.75, 3.05) is 12.4 Å². The van der Waals surface area contributed by atoms with Crippen molar-refractivity contribution in [3.05, 3.63) is 103 Å². The molecule has 0 bridgehead atoms. The van der Waals surface area contributed by atoms with Gasteiger partial charge in [0.1, 0.15) is 10.7 Å². The van der Waals surface area contributed by atoms with E-state index < -0.39 is 18.1 Å². The van der Waals surface area contributed by atoms with Crippen LogP contribution >= 0.6 is 11.3 Å². The highest BCUT2D eigenvalue weighted by Gasteiger charge is 2.18. The molecular weight excluding hydrogens is 536 g/mol. The number of thiazole rings is 1. The van der Waals surface area contributed by atoms with E-state index in [2.05, 4.69) is 10.1 Å². The Bertz CT molecular complexity index is 1770. The molecule has 1 aromatic heterocycles. The number of nitrogens with one attached hydrogen (secondary N) is 1. The summed E-state index contributed by atoms with van der Waals surface area (Å²) in [4.78, 5) is 26.9. The lowest BCUT2D eigenvalue weighted by Crippen LogP contribution is -2.32. The van der Waals surface area contributed by atoms with Crippen LogP contribution in [0.3, 0.4) is 0 Å². The number of ether oxygens (including phenoxy) is 2. The van der Waals surface area contributed by atoms with Crippen molar-refractivity contribution in [2.24, 2.45) is 0 Å². The number of aromatic nitrogens is 1. The summed E-state index contributed by atoms with van der Waals surface area (Å²) >= 11 is 0.970. The normalized spacial score (nSPS) is 12.2. The molecule has 0 aliphatic carbocycles. The Hall–Kier alpha value is -4.75. The predicted octanol–water partition coefficient (Wildman–Crippen LogP) is 4.52. The number of rotatable bonds is 8. The second kappa shape index (κ2) is 12.4. The van der Waals surface area contributed by atoms with E-state index in [0.717, 1.165) is 28.9 Å². The van der Waals surface area contributed by atoms with Gasteiger partial charge in [0.05, 0.1) is 17.3 Å². The standard InChI is InChI=1S/C30H25F2N3O4S/c1-4-19-8-11-21(12-9-19)34-27(36)23(17-33)29-35(22-7-5-6-18(2)14-22)28(37)26(40-29)16-20-10-13-24(39-30(31)32)25(15-20)38-3/h5-16,30H,4H2,1-3H3,(H,34,36). The quantitative estimate of drug-likeness (QED) is 0.342. The van der Waals surface area contributed by atoms with Gasteiger partial charge >= 0.3 is 6.61 Å². The van der Waals surface area contributed by atoms with E-state index in [4.69, 9.17) is 4.74 Å². The molecule has 0 unspecified atom stereocenters. The van der Waals surface area contributed by atoms with Crippen LogP contribution in [-0.4, -0.2) is 24.2 Å². The zero-order valence-electron chi connectivity index (χ0n) is 21.9. The number of anilines is 1. The number of nitrogens with zero attached hydrogens (tertiary/aromatic N) is 2. The lowest BCUT2D eigenvalue weighted by Gasteiger charge is -2.09. The molecule has 0 fully saturated rings. The number of nitriles is 1. The molecule has 4 rings (SSSR count). The first-order chi connectivity index (χ1) is 19.2. The van der Waals surface area contributed by atoms with Crippen LogP contribution in [0.4, 0.5) is 14.5 Å². The second-order valence-corrected chi connectivity index (χ2v) is 9.71. The van der Waals surface area contributed by atoms with Gasteiger partial charge in [-0.2, -0.15) is 14.0 Å². The number of alkyl halides is 2. The minimum absolute atomic E-state index is 0.0579. The van der Waals surface area contributed by atoms with Gasteiger partial charge in [0, 0.05) is 5.69 Å². The molecule has 204 valence electrons. The number of aryl methyl sites for hydroxylation is 2. The molecule has 0 aliphatic heterocycles. The Labute approximate surface area is 232 Å². The molecule has 7 nitrogen and oxygen atoms in total. The average molecular weight is 562 g/mol. The average Bonchev–Trinajstić information content (AvgIpc) is 3.25. The molecule has 3 aromatic carbocycles. The third-order valence-electron chi connectivity index (χ3n) is 5.96. The Kier molecular flexibility index (Phi) is 8.76. The Morgan fingerprint density at radius 3 is 2.50 bits per heavy atom. The van der Waals surface area contributed by atoms with Gasteiger partial charge in [-0.1, -0.05) is 37.3 Å². The van der Waals surface area contributed by atoms with Crippen LogP contribution in [0.2, 0.25) is 0 Å². The topological polar surface area (TPSA) is 93.4 Å². The van der Waals surface area contributed by atoms with E-state index in [-0.39, 0.29) is 26.3 Å². The highest BCUT2D eigenvalue weighted by atomic mass is 32.1. The van der Waals surface area contributed by atoms with Gasteiger partial charge in [0.25, 0.3) is 11.5 Å². The van der Waals surface area contributed by atoms with Crippen LogP contribution in [0, 0.1) is 18.3 Å². The van der Waals surface area contributed by atoms with Crippen LogP contribution in [0.1, 0.15) is 23.6 Å². The fourth-order valence-electron chi connectivity index (χ4n) is 3.98. The summed E-state index contributed by atoms with van der Waals surface area (Å²) in [5, 5.41) is 12.8. The first-order valence-corrected chi connectivity index (χ1v) is 13.0. The zero-order valence-corrected chi connectivity index (χ0v) is 22.7. The molecule has 0 atom stereocenters. The van der Waals surface area contributed by atoms with Crippen molar-refractivity contribution < 1.29 is 23.0 Å². The Morgan fingerprint density at radius 1 is 1.12 bits per heavy atom. The van der Waals surface area contributed by atoms with Gasteiger partial charge in [-0.3, -0.25) is 14.2 Å². The summed E-state index contributed by atoms with van der Waals surface area (Å²) in [6.45, 7) is 0.859. The minimum atomic E-state index is -3.03. The van der Waals surface area contributed by atoms with Crippen molar-refractivity contribution in [3.8, 4) is 23.3 Å². The summed E-state index contributed by atoms with van der Waals surface area (Å²) in [7, 11) is 1.31. The maximum atomic E-state index is 13.7. The fourth-order valence-corrected chi connectivity index (χ4v) is 5.09. The number of halogens is 2. The van der Waals surface area contributed by atoms with Crippen LogP contribution in [-0.2, 0) is 11.2 Å². The van der Waals surface area contributed by atoms with Gasteiger partial charge in [0.15, 0.2) is 17.1 Å². The highest BCUT2D eigenvalue weighted by molar-refractivity contribution is 7.07. The molecule has 1 N–H and O–H groups in total. The third kappa shape index (κ3) is 6.27. The van der Waals surface area contributed by atoms with Crippen LogP contribution in [0.5, 0.6) is 11.5 Å². The maximum absolute atomic E-state index is 13.7. The first-order valence-electron chi connectivity index (χ1n) is 12.2. The number of hydrogen-bond donors (Lipinski definition) is 1.